The van der Waals surface area contributed by atoms with Crippen molar-refractivity contribution in [1.82, 2.24) is 4.98 Å². The second-order valence-corrected chi connectivity index (χ2v) is 11.4. The van der Waals surface area contributed by atoms with Crippen molar-refractivity contribution in [3.05, 3.63) is 127 Å². The van der Waals surface area contributed by atoms with Crippen LogP contribution in [0, 0.1) is 5.92 Å². The molecule has 5 aromatic rings. The largest absolute Gasteiger partial charge is 0.379 e. The summed E-state index contributed by atoms with van der Waals surface area (Å²) in [6.07, 6.45) is 4.00. The summed E-state index contributed by atoms with van der Waals surface area (Å²) < 4.78 is 0.969. The van der Waals surface area contributed by atoms with Gasteiger partial charge >= 0.3 is 0 Å². The summed E-state index contributed by atoms with van der Waals surface area (Å²) in [5, 5.41) is 13.3. The van der Waals surface area contributed by atoms with Gasteiger partial charge in [0.05, 0.1) is 18.6 Å². The fraction of sp³-hybridized carbons (Fsp3) is 0.229. The molecule has 4 aromatic carbocycles. The lowest BCUT2D eigenvalue weighted by atomic mass is 9.70. The third-order valence-electron chi connectivity index (χ3n) is 9.06. The molecule has 1 aromatic heterocycles. The third kappa shape index (κ3) is 4.13. The molecule has 188 valence electrons. The maximum Gasteiger partial charge on any atom is 0.141 e. The van der Waals surface area contributed by atoms with Gasteiger partial charge in [0.1, 0.15) is 18.7 Å². The Morgan fingerprint density at radius 1 is 0.711 bits per heavy atom. The quantitative estimate of drug-likeness (QED) is 0.261. The van der Waals surface area contributed by atoms with Gasteiger partial charge in [-0.3, -0.25) is 4.98 Å². The zero-order valence-corrected chi connectivity index (χ0v) is 21.6. The molecule has 3 nitrogen and oxygen atoms in total. The van der Waals surface area contributed by atoms with Crippen LogP contribution in [0.15, 0.2) is 115 Å². The number of fused-ring (bicyclic) bond motifs is 4. The van der Waals surface area contributed by atoms with Crippen LogP contribution >= 0.6 is 0 Å². The number of quaternary nitrogens is 1. The minimum Gasteiger partial charge on any atom is -0.379 e. The summed E-state index contributed by atoms with van der Waals surface area (Å²) in [5.74, 6) is 0.334. The highest BCUT2D eigenvalue weighted by atomic mass is 16.3. The van der Waals surface area contributed by atoms with E-state index in [1.54, 1.807) is 0 Å². The zero-order chi connectivity index (χ0) is 25.6. The third-order valence-corrected chi connectivity index (χ3v) is 9.06. The zero-order valence-electron chi connectivity index (χ0n) is 21.6. The van der Waals surface area contributed by atoms with E-state index in [-0.39, 0.29) is 0 Å². The molecule has 0 saturated carbocycles. The van der Waals surface area contributed by atoms with Crippen molar-refractivity contribution in [3.8, 4) is 22.3 Å². The van der Waals surface area contributed by atoms with Crippen LogP contribution in [-0.4, -0.2) is 34.2 Å². The standard InChI is InChI=1S/C35H33N2O/c38-35(32-15-12-29(13-16-32)30-14-17-34-31(23-30)7-4-20-36-34)25-37(21-18-33(35)19-22-37)24-26-8-10-28(11-9-26)27-5-2-1-3-6-27/h1-17,20,23,33,38H,18-19,21-22,24-25H2/q+1/t33?,35-,37?/m1/s1. The van der Waals surface area contributed by atoms with E-state index in [4.69, 9.17) is 0 Å². The van der Waals surface area contributed by atoms with Crippen molar-refractivity contribution < 1.29 is 9.59 Å². The molecule has 3 heteroatoms. The number of aliphatic hydroxyl groups is 1. The van der Waals surface area contributed by atoms with Gasteiger partial charge in [-0.15, -0.1) is 0 Å². The van der Waals surface area contributed by atoms with Crippen LogP contribution in [0.4, 0.5) is 0 Å². The van der Waals surface area contributed by atoms with Crippen molar-refractivity contribution in [2.45, 2.75) is 25.0 Å². The van der Waals surface area contributed by atoms with Crippen molar-refractivity contribution in [3.63, 3.8) is 0 Å². The summed E-state index contributed by atoms with van der Waals surface area (Å²) in [5.41, 5.74) is 7.52. The first-order chi connectivity index (χ1) is 18.6. The van der Waals surface area contributed by atoms with E-state index < -0.39 is 5.60 Å². The molecule has 2 bridgehead atoms. The first-order valence-electron chi connectivity index (χ1n) is 13.8. The Kier molecular flexibility index (Phi) is 5.65. The normalized spacial score (nSPS) is 24.5. The molecule has 3 fully saturated rings. The number of benzene rings is 4. The second kappa shape index (κ2) is 9.20. The summed E-state index contributed by atoms with van der Waals surface area (Å²) in [6.45, 7) is 4.07. The molecular formula is C35H33N2O+. The van der Waals surface area contributed by atoms with E-state index in [0.717, 1.165) is 60.0 Å². The van der Waals surface area contributed by atoms with Gasteiger partial charge in [0.15, 0.2) is 0 Å². The highest BCUT2D eigenvalue weighted by Crippen LogP contribution is 2.47. The minimum atomic E-state index is -0.772. The SMILES string of the molecule is O[C@@]1(c2ccc(-c3ccc4ncccc4c3)cc2)C[N+]2(Cc3ccc(-c4ccccc4)cc3)CCC1CC2. The number of aromatic nitrogens is 1. The van der Waals surface area contributed by atoms with Crippen LogP contribution in [0.5, 0.6) is 0 Å². The van der Waals surface area contributed by atoms with Gasteiger partial charge in [0, 0.05) is 35.9 Å². The average molecular weight is 498 g/mol. The van der Waals surface area contributed by atoms with Gasteiger partial charge in [0.25, 0.3) is 0 Å². The number of piperidine rings is 3. The Balaban J connectivity index is 1.12. The number of rotatable bonds is 5. The Morgan fingerprint density at radius 3 is 2.13 bits per heavy atom. The maximum atomic E-state index is 12.1. The molecule has 1 N–H and O–H groups in total. The molecule has 0 unspecified atom stereocenters. The van der Waals surface area contributed by atoms with Gasteiger partial charge in [-0.1, -0.05) is 91.0 Å². The predicted molar refractivity (Wildman–Crippen MR) is 154 cm³/mol. The van der Waals surface area contributed by atoms with E-state index in [0.29, 0.717) is 5.92 Å². The number of hydrogen-bond donors (Lipinski definition) is 1. The maximum absolute atomic E-state index is 12.1. The van der Waals surface area contributed by atoms with Crippen molar-refractivity contribution in [1.29, 1.82) is 0 Å². The lowest BCUT2D eigenvalue weighted by molar-refractivity contribution is -0.964. The topological polar surface area (TPSA) is 33.1 Å². The molecule has 0 spiro atoms. The minimum absolute atomic E-state index is 0.334. The van der Waals surface area contributed by atoms with Crippen molar-refractivity contribution >= 4 is 10.9 Å². The van der Waals surface area contributed by atoms with Gasteiger partial charge in [0.2, 0.25) is 0 Å². The molecule has 0 aliphatic carbocycles. The number of pyridine rings is 1. The highest BCUT2D eigenvalue weighted by molar-refractivity contribution is 5.84. The molecular weight excluding hydrogens is 464 g/mol. The average Bonchev–Trinajstić information content (AvgIpc) is 2.98. The van der Waals surface area contributed by atoms with Crippen LogP contribution in [0.3, 0.4) is 0 Å². The molecule has 3 aliphatic rings. The van der Waals surface area contributed by atoms with Crippen molar-refractivity contribution in [2.24, 2.45) is 5.92 Å². The van der Waals surface area contributed by atoms with E-state index in [2.05, 4.69) is 108 Å². The Bertz CT molecular complexity index is 1570. The van der Waals surface area contributed by atoms with E-state index in [9.17, 15) is 5.11 Å². The number of hydrogen-bond acceptors (Lipinski definition) is 2. The number of nitrogens with zero attached hydrogens (tertiary/aromatic N) is 2. The van der Waals surface area contributed by atoms with Gasteiger partial charge in [-0.05, 0) is 46.0 Å². The van der Waals surface area contributed by atoms with Crippen LogP contribution < -0.4 is 0 Å². The fourth-order valence-electron chi connectivity index (χ4n) is 6.96. The molecule has 3 aliphatic heterocycles. The van der Waals surface area contributed by atoms with Crippen LogP contribution in [0.2, 0.25) is 0 Å². The summed E-state index contributed by atoms with van der Waals surface area (Å²) in [4.78, 5) is 4.44. The van der Waals surface area contributed by atoms with E-state index >= 15 is 0 Å². The van der Waals surface area contributed by atoms with Gasteiger partial charge < -0.3 is 9.59 Å². The monoisotopic (exact) mass is 497 g/mol. The van der Waals surface area contributed by atoms with Gasteiger partial charge in [-0.25, -0.2) is 0 Å². The fourth-order valence-corrected chi connectivity index (χ4v) is 6.96. The molecule has 4 heterocycles. The molecule has 0 radical (unpaired) electrons. The second-order valence-electron chi connectivity index (χ2n) is 11.4. The van der Waals surface area contributed by atoms with Crippen molar-refractivity contribution in [2.75, 3.05) is 19.6 Å². The lowest BCUT2D eigenvalue weighted by Crippen LogP contribution is -2.67. The highest BCUT2D eigenvalue weighted by Gasteiger charge is 2.55. The molecule has 1 atom stereocenters. The van der Waals surface area contributed by atoms with Crippen LogP contribution in [0.25, 0.3) is 33.2 Å². The van der Waals surface area contributed by atoms with Gasteiger partial charge in [-0.2, -0.15) is 0 Å². The summed E-state index contributed by atoms with van der Waals surface area (Å²) >= 11 is 0. The first kappa shape index (κ1) is 23.3. The summed E-state index contributed by atoms with van der Waals surface area (Å²) in [6, 6.07) is 38.8. The Labute approximate surface area is 224 Å². The first-order valence-corrected chi connectivity index (χ1v) is 13.8. The lowest BCUT2D eigenvalue weighted by Gasteiger charge is -2.56. The Hall–Kier alpha value is -3.79. The van der Waals surface area contributed by atoms with Crippen LogP contribution in [0.1, 0.15) is 24.0 Å². The predicted octanol–water partition coefficient (Wildman–Crippen LogP) is 7.20. The Morgan fingerprint density at radius 2 is 1.37 bits per heavy atom. The molecule has 0 amide bonds. The molecule has 3 saturated heterocycles. The molecule has 38 heavy (non-hydrogen) atoms. The van der Waals surface area contributed by atoms with E-state index in [1.165, 1.54) is 27.8 Å². The van der Waals surface area contributed by atoms with Crippen LogP contribution in [-0.2, 0) is 12.1 Å². The van der Waals surface area contributed by atoms with E-state index in [1.807, 2.05) is 12.3 Å². The smallest absolute Gasteiger partial charge is 0.141 e. The molecule has 8 rings (SSSR count). The summed E-state index contributed by atoms with van der Waals surface area (Å²) in [7, 11) is 0.